The lowest BCUT2D eigenvalue weighted by Gasteiger charge is -2.25. The summed E-state index contributed by atoms with van der Waals surface area (Å²) in [5.41, 5.74) is 0.171. The Balaban J connectivity index is 2.78. The van der Waals surface area contributed by atoms with E-state index in [0.717, 1.165) is 5.56 Å². The van der Waals surface area contributed by atoms with Gasteiger partial charge in [0.25, 0.3) is 0 Å². The number of hydrogen-bond acceptors (Lipinski definition) is 2. The first-order chi connectivity index (χ1) is 7.59. The van der Waals surface area contributed by atoms with Crippen molar-refractivity contribution in [1.82, 2.24) is 0 Å². The van der Waals surface area contributed by atoms with Crippen LogP contribution in [0.25, 0.3) is 0 Å². The Morgan fingerprint density at radius 3 is 2.00 bits per heavy atom. The molecule has 0 atom stereocenters. The SMILES string of the molecule is C=CCC(O)(CC=C)Cc1ccc(O)cc1. The van der Waals surface area contributed by atoms with Crippen molar-refractivity contribution in [3.05, 3.63) is 55.1 Å². The highest BCUT2D eigenvalue weighted by atomic mass is 16.3. The molecule has 1 aromatic rings. The van der Waals surface area contributed by atoms with Crippen LogP contribution in [-0.2, 0) is 6.42 Å². The third-order valence-corrected chi connectivity index (χ3v) is 2.52. The molecule has 0 aliphatic carbocycles. The molecule has 86 valence electrons. The van der Waals surface area contributed by atoms with Crippen molar-refractivity contribution >= 4 is 0 Å². The van der Waals surface area contributed by atoms with Gasteiger partial charge in [0, 0.05) is 6.42 Å². The average Bonchev–Trinajstić information content (AvgIpc) is 2.22. The first kappa shape index (κ1) is 12.5. The van der Waals surface area contributed by atoms with Gasteiger partial charge < -0.3 is 10.2 Å². The zero-order valence-electron chi connectivity index (χ0n) is 9.39. The minimum atomic E-state index is -0.819. The van der Waals surface area contributed by atoms with Gasteiger partial charge in [-0.25, -0.2) is 0 Å². The molecule has 1 aromatic carbocycles. The molecular formula is C14H18O2. The van der Waals surface area contributed by atoms with E-state index in [2.05, 4.69) is 13.2 Å². The highest BCUT2D eigenvalue weighted by Crippen LogP contribution is 2.23. The molecule has 0 spiro atoms. The number of phenols is 1. The molecule has 0 aliphatic rings. The van der Waals surface area contributed by atoms with Crippen LogP contribution in [0.2, 0.25) is 0 Å². The Bertz CT molecular complexity index is 342. The van der Waals surface area contributed by atoms with Crippen LogP contribution in [0.1, 0.15) is 18.4 Å². The Labute approximate surface area is 96.6 Å². The van der Waals surface area contributed by atoms with Gasteiger partial charge in [0.15, 0.2) is 0 Å². The third kappa shape index (κ3) is 3.55. The summed E-state index contributed by atoms with van der Waals surface area (Å²) in [6.07, 6.45) is 5.01. The summed E-state index contributed by atoms with van der Waals surface area (Å²) in [4.78, 5) is 0. The van der Waals surface area contributed by atoms with Gasteiger partial charge in [-0.2, -0.15) is 0 Å². The van der Waals surface area contributed by atoms with Crippen molar-refractivity contribution in [2.75, 3.05) is 0 Å². The molecule has 0 saturated carbocycles. The molecule has 0 bridgehead atoms. The summed E-state index contributed by atoms with van der Waals surface area (Å²) in [5, 5.41) is 19.5. The smallest absolute Gasteiger partial charge is 0.115 e. The summed E-state index contributed by atoms with van der Waals surface area (Å²) in [6, 6.07) is 6.87. The molecule has 0 aliphatic heterocycles. The fraction of sp³-hybridized carbons (Fsp3) is 0.286. The molecule has 1 rings (SSSR count). The molecule has 0 aromatic heterocycles. The van der Waals surface area contributed by atoms with Crippen LogP contribution in [-0.4, -0.2) is 15.8 Å². The van der Waals surface area contributed by atoms with E-state index in [9.17, 15) is 5.11 Å². The first-order valence-electron chi connectivity index (χ1n) is 5.32. The van der Waals surface area contributed by atoms with Crippen LogP contribution in [0.15, 0.2) is 49.6 Å². The lowest BCUT2D eigenvalue weighted by molar-refractivity contribution is 0.0467. The van der Waals surface area contributed by atoms with Gasteiger partial charge in [0.2, 0.25) is 0 Å². The highest BCUT2D eigenvalue weighted by molar-refractivity contribution is 5.27. The number of aliphatic hydroxyl groups is 1. The average molecular weight is 218 g/mol. The minimum Gasteiger partial charge on any atom is -0.508 e. The zero-order valence-corrected chi connectivity index (χ0v) is 9.39. The number of benzene rings is 1. The van der Waals surface area contributed by atoms with Crippen LogP contribution in [0.5, 0.6) is 5.75 Å². The molecule has 16 heavy (non-hydrogen) atoms. The molecular weight excluding hydrogens is 200 g/mol. The number of aromatic hydroxyl groups is 1. The normalized spacial score (nSPS) is 11.1. The van der Waals surface area contributed by atoms with E-state index in [0.29, 0.717) is 19.3 Å². The van der Waals surface area contributed by atoms with Crippen LogP contribution in [0, 0.1) is 0 Å². The number of rotatable bonds is 6. The van der Waals surface area contributed by atoms with Gasteiger partial charge in [-0.1, -0.05) is 24.3 Å². The quantitative estimate of drug-likeness (QED) is 0.721. The molecule has 0 amide bonds. The maximum absolute atomic E-state index is 10.3. The van der Waals surface area contributed by atoms with Crippen LogP contribution in [0.3, 0.4) is 0 Å². The fourth-order valence-corrected chi connectivity index (χ4v) is 1.76. The largest absolute Gasteiger partial charge is 0.508 e. The van der Waals surface area contributed by atoms with E-state index < -0.39 is 5.60 Å². The van der Waals surface area contributed by atoms with Gasteiger partial charge in [0.05, 0.1) is 5.60 Å². The second-order valence-corrected chi connectivity index (χ2v) is 4.05. The van der Waals surface area contributed by atoms with Gasteiger partial charge in [-0.15, -0.1) is 13.2 Å². The van der Waals surface area contributed by atoms with Crippen LogP contribution >= 0.6 is 0 Å². The first-order valence-corrected chi connectivity index (χ1v) is 5.32. The standard InChI is InChI=1S/C14H18O2/c1-3-9-14(16,10-4-2)11-12-5-7-13(15)8-6-12/h3-8,15-16H,1-2,9-11H2. The van der Waals surface area contributed by atoms with Gasteiger partial charge in [0.1, 0.15) is 5.75 Å². The van der Waals surface area contributed by atoms with Gasteiger partial charge in [-0.3, -0.25) is 0 Å². The van der Waals surface area contributed by atoms with Crippen LogP contribution in [0.4, 0.5) is 0 Å². The van der Waals surface area contributed by atoms with Gasteiger partial charge >= 0.3 is 0 Å². The van der Waals surface area contributed by atoms with E-state index in [1.165, 1.54) is 0 Å². The van der Waals surface area contributed by atoms with Crippen molar-refractivity contribution in [2.24, 2.45) is 0 Å². The van der Waals surface area contributed by atoms with Crippen molar-refractivity contribution in [1.29, 1.82) is 0 Å². The molecule has 2 heteroatoms. The fourth-order valence-electron chi connectivity index (χ4n) is 1.76. The molecule has 0 unspecified atom stereocenters. The van der Waals surface area contributed by atoms with E-state index in [4.69, 9.17) is 5.11 Å². The predicted octanol–water partition coefficient (Wildman–Crippen LogP) is 2.82. The van der Waals surface area contributed by atoms with Crippen molar-refractivity contribution in [3.63, 3.8) is 0 Å². The Kier molecular flexibility index (Phi) is 4.32. The monoisotopic (exact) mass is 218 g/mol. The third-order valence-electron chi connectivity index (χ3n) is 2.52. The summed E-state index contributed by atoms with van der Waals surface area (Å²) in [6.45, 7) is 7.30. The van der Waals surface area contributed by atoms with E-state index in [-0.39, 0.29) is 5.75 Å². The molecule has 2 N–H and O–H groups in total. The lowest BCUT2D eigenvalue weighted by Crippen LogP contribution is -2.30. The maximum Gasteiger partial charge on any atom is 0.115 e. The van der Waals surface area contributed by atoms with Crippen LogP contribution < -0.4 is 0 Å². The van der Waals surface area contributed by atoms with E-state index in [1.807, 2.05) is 12.1 Å². The Morgan fingerprint density at radius 1 is 1.06 bits per heavy atom. The van der Waals surface area contributed by atoms with E-state index in [1.54, 1.807) is 24.3 Å². The number of hydrogen-bond donors (Lipinski definition) is 2. The van der Waals surface area contributed by atoms with E-state index >= 15 is 0 Å². The zero-order chi connectivity index (χ0) is 12.0. The topological polar surface area (TPSA) is 40.5 Å². The minimum absolute atomic E-state index is 0.236. The lowest BCUT2D eigenvalue weighted by atomic mass is 9.88. The second kappa shape index (κ2) is 5.52. The Hall–Kier alpha value is -1.54. The Morgan fingerprint density at radius 2 is 1.56 bits per heavy atom. The molecule has 2 nitrogen and oxygen atoms in total. The summed E-state index contributed by atoms with van der Waals surface area (Å²) in [7, 11) is 0. The van der Waals surface area contributed by atoms with Crippen molar-refractivity contribution in [2.45, 2.75) is 24.9 Å². The summed E-state index contributed by atoms with van der Waals surface area (Å²) >= 11 is 0. The second-order valence-electron chi connectivity index (χ2n) is 4.05. The van der Waals surface area contributed by atoms with Gasteiger partial charge in [-0.05, 0) is 30.5 Å². The van der Waals surface area contributed by atoms with Crippen molar-refractivity contribution in [3.8, 4) is 5.75 Å². The highest BCUT2D eigenvalue weighted by Gasteiger charge is 2.23. The molecule has 0 fully saturated rings. The van der Waals surface area contributed by atoms with Crippen molar-refractivity contribution < 1.29 is 10.2 Å². The number of phenolic OH excluding ortho intramolecular Hbond substituents is 1. The maximum atomic E-state index is 10.3. The molecule has 0 heterocycles. The molecule has 0 radical (unpaired) electrons. The summed E-state index contributed by atoms with van der Waals surface area (Å²) in [5.74, 6) is 0.236. The predicted molar refractivity (Wildman–Crippen MR) is 66.4 cm³/mol. The molecule has 0 saturated heterocycles. The summed E-state index contributed by atoms with van der Waals surface area (Å²) < 4.78 is 0.